The number of carbonyl (C=O) groups excluding carboxylic acids is 4. The van der Waals surface area contributed by atoms with Crippen LogP contribution in [0.25, 0.3) is 0 Å². The fourth-order valence-corrected chi connectivity index (χ4v) is 3.42. The molecule has 9 nitrogen and oxygen atoms in total. The van der Waals surface area contributed by atoms with Gasteiger partial charge in [0.15, 0.2) is 0 Å². The van der Waals surface area contributed by atoms with Crippen LogP contribution in [0, 0.1) is 0 Å². The van der Waals surface area contributed by atoms with Crippen LogP contribution in [0.4, 0.5) is 4.79 Å². The first-order chi connectivity index (χ1) is 17.9. The molecule has 0 fully saturated rings. The quantitative estimate of drug-likeness (QED) is 0.325. The number of alkyl carbamates (subject to hydrolysis) is 1. The highest BCUT2D eigenvalue weighted by atomic mass is 16.5. The van der Waals surface area contributed by atoms with Crippen LogP contribution >= 0.6 is 0 Å². The van der Waals surface area contributed by atoms with Gasteiger partial charge in [0.2, 0.25) is 11.8 Å². The fraction of sp³-hybridized carbons (Fsp3) is 0.214. The average Bonchev–Trinajstić information content (AvgIpc) is 2.91. The summed E-state index contributed by atoms with van der Waals surface area (Å²) in [5.74, 6) is -2.31. The summed E-state index contributed by atoms with van der Waals surface area (Å²) in [7, 11) is 0. The highest BCUT2D eigenvalue weighted by Crippen LogP contribution is 2.07. The van der Waals surface area contributed by atoms with Crippen molar-refractivity contribution in [3.63, 3.8) is 0 Å². The molecule has 0 bridgehead atoms. The molecule has 3 aromatic carbocycles. The van der Waals surface area contributed by atoms with Gasteiger partial charge in [-0.3, -0.25) is 14.4 Å². The van der Waals surface area contributed by atoms with Crippen molar-refractivity contribution in [2.75, 3.05) is 0 Å². The maximum absolute atomic E-state index is 13.1. The van der Waals surface area contributed by atoms with Crippen LogP contribution in [0.1, 0.15) is 23.1 Å². The Kier molecular flexibility index (Phi) is 10.2. The zero-order valence-electron chi connectivity index (χ0n) is 20.2. The summed E-state index contributed by atoms with van der Waals surface area (Å²) in [5, 5.41) is 5.00. The lowest BCUT2D eigenvalue weighted by Crippen LogP contribution is -2.54. The lowest BCUT2D eigenvalue weighted by Gasteiger charge is -2.21. The number of rotatable bonds is 12. The van der Waals surface area contributed by atoms with Gasteiger partial charge in [0.25, 0.3) is 0 Å². The molecule has 192 valence electrons. The number of hydrogen-bond donors (Lipinski definition) is 3. The molecule has 3 rings (SSSR count). The predicted octanol–water partition coefficient (Wildman–Crippen LogP) is 2.63. The first-order valence-corrected chi connectivity index (χ1v) is 11.7. The van der Waals surface area contributed by atoms with E-state index >= 15 is 0 Å². The molecular weight excluding hydrogens is 474 g/mol. The van der Waals surface area contributed by atoms with E-state index in [1.807, 2.05) is 30.3 Å². The molecular formula is C28H29N3O6. The van der Waals surface area contributed by atoms with E-state index < -0.39 is 42.4 Å². The Bertz CT molecular complexity index is 1170. The van der Waals surface area contributed by atoms with Gasteiger partial charge in [-0.15, -0.1) is 0 Å². The van der Waals surface area contributed by atoms with E-state index in [9.17, 15) is 19.2 Å². The molecule has 0 saturated heterocycles. The summed E-state index contributed by atoms with van der Waals surface area (Å²) in [6.07, 6.45) is -1.14. The average molecular weight is 504 g/mol. The van der Waals surface area contributed by atoms with Gasteiger partial charge >= 0.3 is 12.1 Å². The number of hydrogen-bond acceptors (Lipinski definition) is 6. The minimum absolute atomic E-state index is 0.0174. The van der Waals surface area contributed by atoms with E-state index in [4.69, 9.17) is 15.2 Å². The molecule has 0 aliphatic carbocycles. The third-order valence-corrected chi connectivity index (χ3v) is 5.38. The van der Waals surface area contributed by atoms with Gasteiger partial charge in [-0.05, 0) is 16.7 Å². The van der Waals surface area contributed by atoms with Gasteiger partial charge in [0.1, 0.15) is 25.3 Å². The van der Waals surface area contributed by atoms with Crippen molar-refractivity contribution >= 4 is 23.9 Å². The van der Waals surface area contributed by atoms with Crippen LogP contribution < -0.4 is 16.4 Å². The Hall–Kier alpha value is -4.66. The van der Waals surface area contributed by atoms with Crippen LogP contribution in [-0.4, -0.2) is 36.0 Å². The minimum Gasteiger partial charge on any atom is -0.461 e. The van der Waals surface area contributed by atoms with Gasteiger partial charge in [-0.1, -0.05) is 91.0 Å². The number of primary amides is 1. The number of esters is 1. The van der Waals surface area contributed by atoms with Gasteiger partial charge in [0, 0.05) is 6.42 Å². The summed E-state index contributed by atoms with van der Waals surface area (Å²) in [6, 6.07) is 24.7. The number of nitrogens with two attached hydrogens (primary N) is 1. The number of carbonyl (C=O) groups is 4. The topological polar surface area (TPSA) is 137 Å². The first kappa shape index (κ1) is 26.9. The number of amides is 3. The van der Waals surface area contributed by atoms with Crippen molar-refractivity contribution in [2.24, 2.45) is 5.73 Å². The molecule has 0 spiro atoms. The summed E-state index contributed by atoms with van der Waals surface area (Å²) in [5.41, 5.74) is 7.76. The monoisotopic (exact) mass is 503 g/mol. The number of nitrogens with one attached hydrogen (secondary N) is 2. The SMILES string of the molecule is NC(=O)[C@H](CC(=O)OCc1ccccc1)NC(=O)[C@H](Cc1ccccc1)NC(=O)OCc1ccccc1. The molecule has 3 amide bonds. The summed E-state index contributed by atoms with van der Waals surface area (Å²) < 4.78 is 10.4. The van der Waals surface area contributed by atoms with Crippen LogP contribution in [0.15, 0.2) is 91.0 Å². The third-order valence-electron chi connectivity index (χ3n) is 5.38. The number of benzene rings is 3. The molecule has 0 aromatic heterocycles. The molecule has 0 unspecified atom stereocenters. The maximum Gasteiger partial charge on any atom is 0.408 e. The van der Waals surface area contributed by atoms with Crippen LogP contribution in [-0.2, 0) is 43.5 Å². The zero-order chi connectivity index (χ0) is 26.5. The van der Waals surface area contributed by atoms with Crippen molar-refractivity contribution in [2.45, 2.75) is 38.1 Å². The maximum atomic E-state index is 13.1. The molecule has 37 heavy (non-hydrogen) atoms. The van der Waals surface area contributed by atoms with Crippen molar-refractivity contribution in [1.29, 1.82) is 0 Å². The normalized spacial score (nSPS) is 12.0. The summed E-state index contributed by atoms with van der Waals surface area (Å²) in [6.45, 7) is 0.0358. The third kappa shape index (κ3) is 9.48. The highest BCUT2D eigenvalue weighted by molar-refractivity contribution is 5.93. The molecule has 0 heterocycles. The number of ether oxygens (including phenoxy) is 2. The van der Waals surface area contributed by atoms with Crippen LogP contribution in [0.5, 0.6) is 0 Å². The Balaban J connectivity index is 1.61. The van der Waals surface area contributed by atoms with Crippen molar-refractivity contribution in [3.8, 4) is 0 Å². The predicted molar refractivity (Wildman–Crippen MR) is 136 cm³/mol. The Labute approximate surface area is 215 Å². The van der Waals surface area contributed by atoms with E-state index in [-0.39, 0.29) is 19.6 Å². The largest absolute Gasteiger partial charge is 0.461 e. The second-order valence-electron chi connectivity index (χ2n) is 8.26. The smallest absolute Gasteiger partial charge is 0.408 e. The summed E-state index contributed by atoms with van der Waals surface area (Å²) >= 11 is 0. The van der Waals surface area contributed by atoms with Gasteiger partial charge < -0.3 is 25.8 Å². The minimum atomic E-state index is -1.32. The standard InChI is InChI=1S/C28H29N3O6/c29-26(33)23(17-25(32)36-18-21-12-6-2-7-13-21)30-27(34)24(16-20-10-4-1-5-11-20)31-28(35)37-19-22-14-8-3-9-15-22/h1-15,23-24H,16-19H2,(H2,29,33)(H,30,34)(H,31,35)/t23-,24-/m0/s1. The van der Waals surface area contributed by atoms with Crippen LogP contribution in [0.3, 0.4) is 0 Å². The van der Waals surface area contributed by atoms with Crippen molar-refractivity contribution in [3.05, 3.63) is 108 Å². The van der Waals surface area contributed by atoms with E-state index in [1.165, 1.54) is 0 Å². The molecule has 0 aliphatic rings. The molecule has 0 saturated carbocycles. The molecule has 9 heteroatoms. The first-order valence-electron chi connectivity index (χ1n) is 11.7. The lowest BCUT2D eigenvalue weighted by molar-refractivity contribution is -0.147. The van der Waals surface area contributed by atoms with Crippen molar-refractivity contribution in [1.82, 2.24) is 10.6 Å². The highest BCUT2D eigenvalue weighted by Gasteiger charge is 2.28. The Morgan fingerprint density at radius 3 is 1.65 bits per heavy atom. The van der Waals surface area contributed by atoms with E-state index in [0.717, 1.165) is 16.7 Å². The van der Waals surface area contributed by atoms with Crippen molar-refractivity contribution < 1.29 is 28.7 Å². The van der Waals surface area contributed by atoms with E-state index in [1.54, 1.807) is 60.7 Å². The van der Waals surface area contributed by atoms with Crippen LogP contribution in [0.2, 0.25) is 0 Å². The van der Waals surface area contributed by atoms with Gasteiger partial charge in [-0.25, -0.2) is 4.79 Å². The van der Waals surface area contributed by atoms with E-state index in [2.05, 4.69) is 10.6 Å². The molecule has 4 N–H and O–H groups in total. The molecule has 2 atom stereocenters. The summed E-state index contributed by atoms with van der Waals surface area (Å²) in [4.78, 5) is 49.8. The zero-order valence-corrected chi connectivity index (χ0v) is 20.2. The molecule has 0 aliphatic heterocycles. The molecule has 3 aromatic rings. The Morgan fingerprint density at radius 2 is 1.14 bits per heavy atom. The van der Waals surface area contributed by atoms with E-state index in [0.29, 0.717) is 0 Å². The Morgan fingerprint density at radius 1 is 0.649 bits per heavy atom. The van der Waals surface area contributed by atoms with Gasteiger partial charge in [0.05, 0.1) is 6.42 Å². The second-order valence-corrected chi connectivity index (χ2v) is 8.26. The fourth-order valence-electron chi connectivity index (χ4n) is 3.42. The second kappa shape index (κ2) is 14.0. The molecule has 0 radical (unpaired) electrons. The van der Waals surface area contributed by atoms with Gasteiger partial charge in [-0.2, -0.15) is 0 Å². The lowest BCUT2D eigenvalue weighted by atomic mass is 10.0.